The van der Waals surface area contributed by atoms with Crippen LogP contribution in [0.3, 0.4) is 0 Å². The van der Waals surface area contributed by atoms with E-state index in [1.54, 1.807) is 25.1 Å². The second-order valence-electron chi connectivity index (χ2n) is 2.90. The molecule has 15 heavy (non-hydrogen) atoms. The van der Waals surface area contributed by atoms with Crippen molar-refractivity contribution in [3.63, 3.8) is 0 Å². The lowest BCUT2D eigenvalue weighted by Gasteiger charge is -2.03. The first-order valence-corrected chi connectivity index (χ1v) is 5.80. The molecule has 2 N–H and O–H groups in total. The van der Waals surface area contributed by atoms with Gasteiger partial charge in [0.2, 0.25) is 5.91 Å². The molecule has 1 heterocycles. The van der Waals surface area contributed by atoms with Gasteiger partial charge < -0.3 is 10.1 Å². The number of aromatic nitrogens is 2. The normalized spacial score (nSPS) is 10.2. The number of hydrogen-bond acceptors (Lipinski definition) is 4. The van der Waals surface area contributed by atoms with Gasteiger partial charge in [-0.1, -0.05) is 0 Å². The van der Waals surface area contributed by atoms with Gasteiger partial charge in [-0.25, -0.2) is 0 Å². The smallest absolute Gasteiger partial charge is 0.230 e. The third-order valence-electron chi connectivity index (χ3n) is 1.70. The fourth-order valence-corrected chi connectivity index (χ4v) is 1.65. The molecule has 0 aliphatic rings. The van der Waals surface area contributed by atoms with Gasteiger partial charge >= 0.3 is 0 Å². The fraction of sp³-hybridized carbons (Fsp3) is 0.556. The first-order chi connectivity index (χ1) is 7.33. The van der Waals surface area contributed by atoms with Crippen LogP contribution >= 0.6 is 11.8 Å². The molecule has 0 bridgehead atoms. The molecule has 0 atom stereocenters. The van der Waals surface area contributed by atoms with Crippen molar-refractivity contribution in [3.8, 4) is 0 Å². The molecule has 0 fully saturated rings. The van der Waals surface area contributed by atoms with Crippen LogP contribution in [0.15, 0.2) is 12.3 Å². The number of ether oxygens (including phenoxy) is 1. The largest absolute Gasteiger partial charge is 0.384 e. The zero-order valence-corrected chi connectivity index (χ0v) is 9.47. The highest BCUT2D eigenvalue weighted by Crippen LogP contribution is 1.99. The molecule has 84 valence electrons. The van der Waals surface area contributed by atoms with Crippen LogP contribution in [-0.2, 0) is 16.1 Å². The Labute approximate surface area is 93.0 Å². The molecule has 0 aliphatic heterocycles. The van der Waals surface area contributed by atoms with Crippen LogP contribution in [0, 0.1) is 0 Å². The fourth-order valence-electron chi connectivity index (χ4n) is 0.935. The van der Waals surface area contributed by atoms with Crippen LogP contribution in [0.1, 0.15) is 5.69 Å². The second kappa shape index (κ2) is 7.30. The molecule has 1 aromatic rings. The highest BCUT2D eigenvalue weighted by molar-refractivity contribution is 7.99. The lowest BCUT2D eigenvalue weighted by molar-refractivity contribution is -0.118. The maximum absolute atomic E-state index is 11.3. The lowest BCUT2D eigenvalue weighted by atomic mass is 10.4. The number of hydrogen-bond donors (Lipinski definition) is 2. The topological polar surface area (TPSA) is 67.0 Å². The van der Waals surface area contributed by atoms with Crippen LogP contribution in [-0.4, -0.2) is 41.3 Å². The van der Waals surface area contributed by atoms with Crippen molar-refractivity contribution in [3.05, 3.63) is 18.0 Å². The van der Waals surface area contributed by atoms with E-state index in [4.69, 9.17) is 4.74 Å². The van der Waals surface area contributed by atoms with Gasteiger partial charge in [-0.2, -0.15) is 5.10 Å². The Kier molecular flexibility index (Phi) is 5.87. The quantitative estimate of drug-likeness (QED) is 0.664. The van der Waals surface area contributed by atoms with Gasteiger partial charge in [0.1, 0.15) is 0 Å². The van der Waals surface area contributed by atoms with Gasteiger partial charge in [-0.15, -0.1) is 11.8 Å². The monoisotopic (exact) mass is 229 g/mol. The van der Waals surface area contributed by atoms with Gasteiger partial charge in [-0.3, -0.25) is 9.89 Å². The van der Waals surface area contributed by atoms with Crippen LogP contribution in [0.2, 0.25) is 0 Å². The molecule has 0 aliphatic carbocycles. The average Bonchev–Trinajstić information content (AvgIpc) is 2.74. The van der Waals surface area contributed by atoms with Crippen molar-refractivity contribution in [2.75, 3.05) is 25.2 Å². The van der Waals surface area contributed by atoms with E-state index in [1.807, 2.05) is 6.07 Å². The highest BCUT2D eigenvalue weighted by atomic mass is 32.2. The van der Waals surface area contributed by atoms with Gasteiger partial charge in [-0.05, 0) is 6.07 Å². The molecule has 0 aromatic carbocycles. The third-order valence-corrected chi connectivity index (χ3v) is 2.62. The number of methoxy groups -OCH3 is 1. The molecule has 1 aromatic heterocycles. The van der Waals surface area contributed by atoms with E-state index in [-0.39, 0.29) is 5.91 Å². The number of rotatable bonds is 7. The van der Waals surface area contributed by atoms with Crippen molar-refractivity contribution >= 4 is 17.7 Å². The van der Waals surface area contributed by atoms with Gasteiger partial charge in [0.25, 0.3) is 0 Å². The van der Waals surface area contributed by atoms with Crippen LogP contribution in [0.5, 0.6) is 0 Å². The van der Waals surface area contributed by atoms with Gasteiger partial charge in [0, 0.05) is 19.1 Å². The Bertz CT molecular complexity index is 277. The molecular weight excluding hydrogens is 214 g/mol. The minimum atomic E-state index is 0.0331. The van der Waals surface area contributed by atoms with E-state index in [0.29, 0.717) is 18.9 Å². The van der Waals surface area contributed by atoms with E-state index >= 15 is 0 Å². The Morgan fingerprint density at radius 1 is 1.73 bits per heavy atom. The lowest BCUT2D eigenvalue weighted by Crippen LogP contribution is -2.25. The zero-order valence-electron chi connectivity index (χ0n) is 8.66. The third kappa shape index (κ3) is 5.44. The second-order valence-corrected chi connectivity index (χ2v) is 4.01. The molecule has 1 amide bonds. The molecule has 5 nitrogen and oxygen atoms in total. The summed E-state index contributed by atoms with van der Waals surface area (Å²) in [5.74, 6) is 1.34. The molecule has 0 saturated heterocycles. The molecule has 0 spiro atoms. The van der Waals surface area contributed by atoms with Crippen molar-refractivity contribution in [2.24, 2.45) is 0 Å². The molecule has 1 rings (SSSR count). The summed E-state index contributed by atoms with van der Waals surface area (Å²) in [5.41, 5.74) is 0.908. The van der Waals surface area contributed by atoms with Crippen LogP contribution < -0.4 is 5.32 Å². The van der Waals surface area contributed by atoms with E-state index in [0.717, 1.165) is 11.4 Å². The molecule has 0 unspecified atom stereocenters. The number of nitrogens with zero attached hydrogens (tertiary/aromatic N) is 1. The SMILES string of the molecule is COCCSCC(=O)NCc1ccn[nH]1. The summed E-state index contributed by atoms with van der Waals surface area (Å²) in [7, 11) is 1.65. The minimum absolute atomic E-state index is 0.0331. The number of thioether (sulfide) groups is 1. The number of H-pyrrole nitrogens is 1. The number of amides is 1. The Morgan fingerprint density at radius 2 is 2.60 bits per heavy atom. The number of carbonyl (C=O) groups is 1. The summed E-state index contributed by atoms with van der Waals surface area (Å²) in [6.45, 7) is 1.18. The first kappa shape index (κ1) is 12.1. The summed E-state index contributed by atoms with van der Waals surface area (Å²) in [5, 5.41) is 9.36. The van der Waals surface area contributed by atoms with E-state index < -0.39 is 0 Å². The summed E-state index contributed by atoms with van der Waals surface area (Å²) in [6, 6.07) is 1.83. The summed E-state index contributed by atoms with van der Waals surface area (Å²) < 4.78 is 4.88. The molecular formula is C9H15N3O2S. The predicted molar refractivity (Wildman–Crippen MR) is 59.6 cm³/mol. The van der Waals surface area contributed by atoms with Crippen molar-refractivity contribution in [1.82, 2.24) is 15.5 Å². The Morgan fingerprint density at radius 3 is 3.27 bits per heavy atom. The zero-order chi connectivity index (χ0) is 10.9. The Hall–Kier alpha value is -1.01. The Balaban J connectivity index is 2.04. The van der Waals surface area contributed by atoms with E-state index in [2.05, 4.69) is 15.5 Å². The van der Waals surface area contributed by atoms with E-state index in [9.17, 15) is 4.79 Å². The minimum Gasteiger partial charge on any atom is -0.384 e. The predicted octanol–water partition coefficient (Wildman–Crippen LogP) is 0.405. The van der Waals surface area contributed by atoms with Crippen molar-refractivity contribution in [1.29, 1.82) is 0 Å². The number of carbonyl (C=O) groups excluding carboxylic acids is 1. The molecule has 0 radical (unpaired) electrons. The standard InChI is InChI=1S/C9H15N3O2S/c1-14-4-5-15-7-9(13)10-6-8-2-3-11-12-8/h2-3H,4-7H2,1H3,(H,10,13)(H,11,12). The van der Waals surface area contributed by atoms with Crippen LogP contribution in [0.25, 0.3) is 0 Å². The summed E-state index contributed by atoms with van der Waals surface area (Å²) in [6.07, 6.45) is 1.66. The van der Waals surface area contributed by atoms with Crippen molar-refractivity contribution < 1.29 is 9.53 Å². The van der Waals surface area contributed by atoms with E-state index in [1.165, 1.54) is 0 Å². The molecule has 0 saturated carbocycles. The maximum Gasteiger partial charge on any atom is 0.230 e. The average molecular weight is 229 g/mol. The number of nitrogens with one attached hydrogen (secondary N) is 2. The first-order valence-electron chi connectivity index (χ1n) is 4.64. The molecule has 6 heteroatoms. The van der Waals surface area contributed by atoms with Gasteiger partial charge in [0.05, 0.1) is 24.6 Å². The summed E-state index contributed by atoms with van der Waals surface area (Å²) in [4.78, 5) is 11.3. The summed E-state index contributed by atoms with van der Waals surface area (Å²) >= 11 is 1.56. The van der Waals surface area contributed by atoms with Crippen LogP contribution in [0.4, 0.5) is 0 Å². The maximum atomic E-state index is 11.3. The highest BCUT2D eigenvalue weighted by Gasteiger charge is 2.01. The van der Waals surface area contributed by atoms with Gasteiger partial charge in [0.15, 0.2) is 0 Å². The number of aromatic amines is 1. The van der Waals surface area contributed by atoms with Crippen molar-refractivity contribution in [2.45, 2.75) is 6.54 Å².